The Morgan fingerprint density at radius 1 is 0.944 bits per heavy atom. The van der Waals surface area contributed by atoms with Gasteiger partial charge in [-0.2, -0.15) is 0 Å². The molecule has 186 valence electrons. The van der Waals surface area contributed by atoms with Gasteiger partial charge in [0.1, 0.15) is 17.6 Å². The van der Waals surface area contributed by atoms with Gasteiger partial charge in [-0.25, -0.2) is 9.07 Å². The van der Waals surface area contributed by atoms with E-state index in [1.807, 2.05) is 36.4 Å². The third-order valence-corrected chi connectivity index (χ3v) is 6.88. The molecule has 36 heavy (non-hydrogen) atoms. The van der Waals surface area contributed by atoms with Crippen molar-refractivity contribution >= 4 is 5.69 Å². The molecule has 3 aromatic carbocycles. The van der Waals surface area contributed by atoms with E-state index in [-0.39, 0.29) is 11.9 Å². The molecule has 1 saturated heterocycles. The van der Waals surface area contributed by atoms with Gasteiger partial charge in [0.15, 0.2) is 5.82 Å². The second-order valence-corrected chi connectivity index (χ2v) is 9.28. The molecule has 5 rings (SSSR count). The molecule has 2 heterocycles. The van der Waals surface area contributed by atoms with Crippen molar-refractivity contribution in [3.63, 3.8) is 0 Å². The van der Waals surface area contributed by atoms with Crippen LogP contribution in [0.1, 0.15) is 34.1 Å². The maximum absolute atomic E-state index is 15.1. The topological polar surface area (TPSA) is 59.3 Å². The smallest absolute Gasteiger partial charge is 0.173 e. The molecule has 0 N–H and O–H groups in total. The number of nitrogens with zero attached hydrogens (tertiary/aromatic N) is 6. The van der Waals surface area contributed by atoms with E-state index in [0.717, 1.165) is 37.5 Å². The van der Waals surface area contributed by atoms with Gasteiger partial charge in [0.25, 0.3) is 0 Å². The highest BCUT2D eigenvalue weighted by molar-refractivity contribution is 5.55. The Morgan fingerprint density at radius 3 is 2.42 bits per heavy atom. The number of anilines is 1. The molecule has 0 spiro atoms. The number of benzene rings is 3. The summed E-state index contributed by atoms with van der Waals surface area (Å²) >= 11 is 0. The Hall–Kier alpha value is -3.78. The van der Waals surface area contributed by atoms with Crippen LogP contribution in [-0.2, 0) is 6.54 Å². The average Bonchev–Trinajstić information content (AvgIpc) is 3.35. The van der Waals surface area contributed by atoms with Crippen LogP contribution in [0.15, 0.2) is 66.7 Å². The van der Waals surface area contributed by atoms with Crippen LogP contribution >= 0.6 is 0 Å². The molecule has 1 fully saturated rings. The Kier molecular flexibility index (Phi) is 6.95. The lowest BCUT2D eigenvalue weighted by atomic mass is 10.0. The van der Waals surface area contributed by atoms with Crippen molar-refractivity contribution in [2.24, 2.45) is 0 Å². The number of tetrazole rings is 1. The highest BCUT2D eigenvalue weighted by atomic mass is 19.1. The fourth-order valence-corrected chi connectivity index (χ4v) is 4.90. The minimum atomic E-state index is -0.389. The zero-order valence-corrected chi connectivity index (χ0v) is 20.9. The van der Waals surface area contributed by atoms with Gasteiger partial charge in [-0.05, 0) is 65.2 Å². The van der Waals surface area contributed by atoms with Crippen molar-refractivity contribution in [3.05, 3.63) is 101 Å². The summed E-state index contributed by atoms with van der Waals surface area (Å²) in [6, 6.07) is 20.9. The predicted octanol–water partition coefficient (Wildman–Crippen LogP) is 4.40. The number of methoxy groups -OCH3 is 1. The van der Waals surface area contributed by atoms with E-state index in [0.29, 0.717) is 17.9 Å². The summed E-state index contributed by atoms with van der Waals surface area (Å²) in [7, 11) is 1.65. The summed E-state index contributed by atoms with van der Waals surface area (Å²) in [5.41, 5.74) is 5.41. The van der Waals surface area contributed by atoms with E-state index in [9.17, 15) is 0 Å². The van der Waals surface area contributed by atoms with E-state index >= 15 is 4.39 Å². The summed E-state index contributed by atoms with van der Waals surface area (Å²) in [5, 5.41) is 12.7. The van der Waals surface area contributed by atoms with Gasteiger partial charge < -0.3 is 9.64 Å². The zero-order chi connectivity index (χ0) is 25.1. The number of ether oxygens (including phenoxy) is 1. The minimum Gasteiger partial charge on any atom is -0.497 e. The molecule has 4 aromatic rings. The maximum atomic E-state index is 15.1. The van der Waals surface area contributed by atoms with Crippen LogP contribution < -0.4 is 9.64 Å². The number of hydrogen-bond acceptors (Lipinski definition) is 6. The first-order chi connectivity index (χ1) is 17.5. The highest BCUT2D eigenvalue weighted by Crippen LogP contribution is 2.32. The lowest BCUT2D eigenvalue weighted by Crippen LogP contribution is -2.48. The van der Waals surface area contributed by atoms with Crippen LogP contribution in [0.3, 0.4) is 0 Å². The van der Waals surface area contributed by atoms with Gasteiger partial charge in [-0.15, -0.1) is 5.10 Å². The van der Waals surface area contributed by atoms with Crippen LogP contribution in [0.2, 0.25) is 0 Å². The molecule has 0 aliphatic carbocycles. The third-order valence-electron chi connectivity index (χ3n) is 6.88. The Balaban J connectivity index is 1.43. The predicted molar refractivity (Wildman–Crippen MR) is 138 cm³/mol. The van der Waals surface area contributed by atoms with Gasteiger partial charge >= 0.3 is 0 Å². The Bertz CT molecular complexity index is 1310. The van der Waals surface area contributed by atoms with E-state index in [1.54, 1.807) is 17.9 Å². The second kappa shape index (κ2) is 10.5. The van der Waals surface area contributed by atoms with Crippen molar-refractivity contribution in [3.8, 4) is 5.75 Å². The van der Waals surface area contributed by atoms with E-state index in [1.165, 1.54) is 22.9 Å². The monoisotopic (exact) mass is 486 g/mol. The van der Waals surface area contributed by atoms with Crippen molar-refractivity contribution in [1.29, 1.82) is 0 Å². The molecule has 7 nitrogen and oxygen atoms in total. The molecule has 0 bridgehead atoms. The molecule has 8 heteroatoms. The first-order valence-electron chi connectivity index (χ1n) is 12.2. The average molecular weight is 487 g/mol. The molecular formula is C28H31FN6O. The van der Waals surface area contributed by atoms with Gasteiger partial charge in [-0.3, -0.25) is 4.90 Å². The zero-order valence-electron chi connectivity index (χ0n) is 20.9. The van der Waals surface area contributed by atoms with Crippen molar-refractivity contribution in [2.75, 3.05) is 38.2 Å². The summed E-state index contributed by atoms with van der Waals surface area (Å²) in [5.74, 6) is 1.18. The lowest BCUT2D eigenvalue weighted by Gasteiger charge is -2.40. The molecule has 1 atom stereocenters. The minimum absolute atomic E-state index is 0.251. The number of halogens is 1. The largest absolute Gasteiger partial charge is 0.497 e. The van der Waals surface area contributed by atoms with Crippen LogP contribution in [0.5, 0.6) is 5.75 Å². The fraction of sp³-hybridized carbons (Fsp3) is 0.321. The highest BCUT2D eigenvalue weighted by Gasteiger charge is 2.32. The summed E-state index contributed by atoms with van der Waals surface area (Å²) < 4.78 is 22.2. The second-order valence-electron chi connectivity index (χ2n) is 9.28. The number of hydrogen-bond donors (Lipinski definition) is 0. The number of aromatic nitrogens is 4. The number of aryl methyl sites for hydroxylation is 2. The van der Waals surface area contributed by atoms with Crippen molar-refractivity contribution in [2.45, 2.75) is 26.4 Å². The molecule has 1 aromatic heterocycles. The van der Waals surface area contributed by atoms with Crippen LogP contribution in [-0.4, -0.2) is 58.4 Å². The van der Waals surface area contributed by atoms with E-state index < -0.39 is 0 Å². The maximum Gasteiger partial charge on any atom is 0.173 e. The first-order valence-corrected chi connectivity index (χ1v) is 12.2. The fourth-order valence-electron chi connectivity index (χ4n) is 4.90. The molecule has 0 radical (unpaired) electrons. The standard InChI is InChI=1S/C28H31FN6O/c1-20-8-9-21(2)26(18-20)33-14-16-34(17-15-33)27(24-6-4-5-7-25(24)29)28-30-31-32-35(28)19-22-10-12-23(36-3)13-11-22/h4-13,18,27H,14-17,19H2,1-3H3/t27-/m1/s1. The molecule has 0 unspecified atom stereocenters. The van der Waals surface area contributed by atoms with Crippen LogP contribution in [0.25, 0.3) is 0 Å². The Labute approximate surface area is 211 Å². The number of rotatable bonds is 7. The molecule has 0 saturated carbocycles. The molecular weight excluding hydrogens is 455 g/mol. The van der Waals surface area contributed by atoms with Gasteiger partial charge in [-0.1, -0.05) is 42.5 Å². The van der Waals surface area contributed by atoms with E-state index in [4.69, 9.17) is 4.74 Å². The van der Waals surface area contributed by atoms with Gasteiger partial charge in [0.2, 0.25) is 0 Å². The lowest BCUT2D eigenvalue weighted by molar-refractivity contribution is 0.198. The van der Waals surface area contributed by atoms with E-state index in [2.05, 4.69) is 57.4 Å². The summed E-state index contributed by atoms with van der Waals surface area (Å²) in [6.07, 6.45) is 0. The number of piperazine rings is 1. The van der Waals surface area contributed by atoms with Gasteiger partial charge in [0.05, 0.1) is 13.7 Å². The first kappa shape index (κ1) is 23.9. The van der Waals surface area contributed by atoms with Crippen LogP contribution in [0.4, 0.5) is 10.1 Å². The summed E-state index contributed by atoms with van der Waals surface area (Å²) in [4.78, 5) is 4.70. The summed E-state index contributed by atoms with van der Waals surface area (Å²) in [6.45, 7) is 7.97. The van der Waals surface area contributed by atoms with Crippen LogP contribution in [0, 0.1) is 19.7 Å². The quantitative estimate of drug-likeness (QED) is 0.386. The van der Waals surface area contributed by atoms with Crippen molar-refractivity contribution in [1.82, 2.24) is 25.1 Å². The van der Waals surface area contributed by atoms with Gasteiger partial charge in [0, 0.05) is 37.4 Å². The third kappa shape index (κ3) is 4.95. The molecule has 1 aliphatic heterocycles. The Morgan fingerprint density at radius 2 is 1.69 bits per heavy atom. The molecule has 0 amide bonds. The van der Waals surface area contributed by atoms with Crippen molar-refractivity contribution < 1.29 is 9.13 Å². The normalized spacial score (nSPS) is 15.2. The SMILES string of the molecule is COc1ccc(Cn2nnnc2[C@@H](c2ccccc2F)N2CCN(c3cc(C)ccc3C)CC2)cc1. The molecule has 1 aliphatic rings.